The van der Waals surface area contributed by atoms with Crippen LogP contribution in [0.1, 0.15) is 40.0 Å². The molecule has 4 heteroatoms. The molecule has 0 saturated heterocycles. The van der Waals surface area contributed by atoms with E-state index in [1.165, 1.54) is 6.20 Å². The lowest BCUT2D eigenvalue weighted by atomic mass is 9.97. The molecule has 0 saturated carbocycles. The van der Waals surface area contributed by atoms with Crippen molar-refractivity contribution in [1.82, 2.24) is 10.3 Å². The molecule has 1 aromatic heterocycles. The maximum Gasteiger partial charge on any atom is 0.255 e. The average molecular weight is 320 g/mol. The second-order valence-electron chi connectivity index (χ2n) is 6.08. The van der Waals surface area contributed by atoms with E-state index in [9.17, 15) is 9.59 Å². The van der Waals surface area contributed by atoms with Crippen LogP contribution in [0, 0.1) is 13.8 Å². The molecule has 4 nitrogen and oxygen atoms in total. The van der Waals surface area contributed by atoms with Crippen molar-refractivity contribution in [3.63, 3.8) is 0 Å². The number of H-pyrrole nitrogens is 1. The molecule has 2 N–H and O–H groups in total. The molecule has 0 spiro atoms. The van der Waals surface area contributed by atoms with Gasteiger partial charge in [0.2, 0.25) is 0 Å². The first kappa shape index (κ1) is 16.0. The van der Waals surface area contributed by atoms with Crippen molar-refractivity contribution in [2.24, 2.45) is 0 Å². The van der Waals surface area contributed by atoms with Gasteiger partial charge in [0.25, 0.3) is 11.5 Å². The quantitative estimate of drug-likeness (QED) is 0.774. The Morgan fingerprint density at radius 3 is 2.29 bits per heavy atom. The fourth-order valence-corrected chi connectivity index (χ4v) is 3.25. The third-order valence-corrected chi connectivity index (χ3v) is 4.38. The summed E-state index contributed by atoms with van der Waals surface area (Å²) >= 11 is 0. The summed E-state index contributed by atoms with van der Waals surface area (Å²) < 4.78 is 0. The zero-order valence-electron chi connectivity index (χ0n) is 14.0. The molecule has 0 radical (unpaired) electrons. The highest BCUT2D eigenvalue weighted by molar-refractivity contribution is 6.06. The molecular formula is C20H20N2O2. The summed E-state index contributed by atoms with van der Waals surface area (Å²) in [6, 6.07) is 13.1. The molecule has 0 aliphatic carbocycles. The average Bonchev–Trinajstić information content (AvgIpc) is 2.55. The lowest BCUT2D eigenvalue weighted by Gasteiger charge is -2.19. The second-order valence-corrected chi connectivity index (χ2v) is 6.08. The van der Waals surface area contributed by atoms with Crippen molar-refractivity contribution in [3.8, 4) is 0 Å². The van der Waals surface area contributed by atoms with E-state index in [-0.39, 0.29) is 17.5 Å². The number of carbonyl (C=O) groups excluding carboxylic acids is 1. The Hall–Kier alpha value is -2.88. The minimum absolute atomic E-state index is 0.121. The number of aromatic nitrogens is 1. The van der Waals surface area contributed by atoms with Crippen LogP contribution < -0.4 is 10.9 Å². The Labute approximate surface area is 140 Å². The summed E-state index contributed by atoms with van der Waals surface area (Å²) in [7, 11) is 0. The van der Waals surface area contributed by atoms with Gasteiger partial charge in [-0.3, -0.25) is 9.59 Å². The van der Waals surface area contributed by atoms with Crippen LogP contribution in [0.2, 0.25) is 0 Å². The van der Waals surface area contributed by atoms with Crippen LogP contribution in [0.4, 0.5) is 0 Å². The summed E-state index contributed by atoms with van der Waals surface area (Å²) in [6.07, 6.45) is 1.48. The summed E-state index contributed by atoms with van der Waals surface area (Å²) in [5, 5.41) is 4.22. The van der Waals surface area contributed by atoms with Crippen LogP contribution in [0.25, 0.3) is 10.8 Å². The fourth-order valence-electron chi connectivity index (χ4n) is 3.25. The number of fused-ring (bicyclic) bond motifs is 1. The van der Waals surface area contributed by atoms with Crippen molar-refractivity contribution in [2.45, 2.75) is 26.8 Å². The highest BCUT2D eigenvalue weighted by atomic mass is 16.2. The van der Waals surface area contributed by atoms with E-state index in [1.807, 2.05) is 45.0 Å². The summed E-state index contributed by atoms with van der Waals surface area (Å²) in [6.45, 7) is 6.06. The van der Waals surface area contributed by atoms with Gasteiger partial charge in [0.1, 0.15) is 0 Å². The van der Waals surface area contributed by atoms with Gasteiger partial charge in [-0.1, -0.05) is 36.4 Å². The van der Waals surface area contributed by atoms with Crippen molar-refractivity contribution in [2.75, 3.05) is 0 Å². The molecule has 0 aliphatic rings. The number of pyridine rings is 1. The van der Waals surface area contributed by atoms with Crippen LogP contribution in [-0.4, -0.2) is 10.9 Å². The number of hydrogen-bond donors (Lipinski definition) is 2. The first-order valence-electron chi connectivity index (χ1n) is 7.96. The van der Waals surface area contributed by atoms with Gasteiger partial charge in [0.05, 0.1) is 11.6 Å². The molecular weight excluding hydrogens is 300 g/mol. The van der Waals surface area contributed by atoms with Crippen molar-refractivity contribution in [3.05, 3.63) is 81.3 Å². The van der Waals surface area contributed by atoms with Gasteiger partial charge in [-0.25, -0.2) is 0 Å². The topological polar surface area (TPSA) is 62.0 Å². The number of amides is 1. The Bertz CT molecular complexity index is 953. The molecule has 1 atom stereocenters. The number of nitrogens with one attached hydrogen (secondary N) is 2. The van der Waals surface area contributed by atoms with Gasteiger partial charge in [-0.05, 0) is 43.5 Å². The van der Waals surface area contributed by atoms with Crippen LogP contribution in [-0.2, 0) is 0 Å². The third-order valence-electron chi connectivity index (χ3n) is 4.38. The molecule has 0 unspecified atom stereocenters. The summed E-state index contributed by atoms with van der Waals surface area (Å²) in [4.78, 5) is 27.3. The van der Waals surface area contributed by atoms with Crippen molar-refractivity contribution in [1.29, 1.82) is 0 Å². The number of aromatic amines is 1. The Morgan fingerprint density at radius 1 is 1.00 bits per heavy atom. The molecule has 0 bridgehead atoms. The normalized spacial score (nSPS) is 12.1. The Balaban J connectivity index is 1.96. The van der Waals surface area contributed by atoms with Crippen LogP contribution in [0.3, 0.4) is 0 Å². The van der Waals surface area contributed by atoms with E-state index in [4.69, 9.17) is 0 Å². The van der Waals surface area contributed by atoms with Gasteiger partial charge in [0.15, 0.2) is 0 Å². The SMILES string of the molecule is Cc1cccc(C)c1[C@H](C)NC(=O)c1c[nH]c(=O)c2ccccc12. The molecule has 1 amide bonds. The van der Waals surface area contributed by atoms with Gasteiger partial charge >= 0.3 is 0 Å². The van der Waals surface area contributed by atoms with Gasteiger partial charge in [0, 0.05) is 17.0 Å². The molecule has 24 heavy (non-hydrogen) atoms. The standard InChI is InChI=1S/C20H20N2O2/c1-12-7-6-8-13(2)18(12)14(3)22-20(24)17-11-21-19(23)16-10-5-4-9-15(16)17/h4-11,14H,1-3H3,(H,21,23)(H,22,24)/t14-/m0/s1. The summed E-state index contributed by atoms with van der Waals surface area (Å²) in [5.41, 5.74) is 3.70. The predicted molar refractivity (Wildman–Crippen MR) is 96.4 cm³/mol. The molecule has 1 heterocycles. The van der Waals surface area contributed by atoms with E-state index in [0.717, 1.165) is 16.7 Å². The number of rotatable bonds is 3. The number of benzene rings is 2. The number of aryl methyl sites for hydroxylation is 2. The largest absolute Gasteiger partial charge is 0.345 e. The second kappa shape index (κ2) is 6.32. The van der Waals surface area contributed by atoms with Crippen LogP contribution in [0.5, 0.6) is 0 Å². The van der Waals surface area contributed by atoms with Crippen LogP contribution in [0.15, 0.2) is 53.5 Å². The van der Waals surface area contributed by atoms with Crippen molar-refractivity contribution >= 4 is 16.7 Å². The van der Waals surface area contributed by atoms with E-state index in [2.05, 4.69) is 10.3 Å². The smallest absolute Gasteiger partial charge is 0.255 e. The summed E-state index contributed by atoms with van der Waals surface area (Å²) in [5.74, 6) is -0.197. The zero-order chi connectivity index (χ0) is 17.3. The van der Waals surface area contributed by atoms with Crippen molar-refractivity contribution < 1.29 is 4.79 Å². The molecule has 3 aromatic rings. The van der Waals surface area contributed by atoms with Crippen LogP contribution >= 0.6 is 0 Å². The highest BCUT2D eigenvalue weighted by Gasteiger charge is 2.17. The zero-order valence-corrected chi connectivity index (χ0v) is 14.0. The van der Waals surface area contributed by atoms with E-state index in [0.29, 0.717) is 16.3 Å². The monoisotopic (exact) mass is 320 g/mol. The van der Waals surface area contributed by atoms with E-state index < -0.39 is 0 Å². The molecule has 3 rings (SSSR count). The lowest BCUT2D eigenvalue weighted by molar-refractivity contribution is 0.0941. The minimum Gasteiger partial charge on any atom is -0.345 e. The van der Waals surface area contributed by atoms with E-state index in [1.54, 1.807) is 18.2 Å². The van der Waals surface area contributed by atoms with Gasteiger partial charge in [-0.2, -0.15) is 0 Å². The molecule has 122 valence electrons. The lowest BCUT2D eigenvalue weighted by Crippen LogP contribution is -2.28. The third kappa shape index (κ3) is 2.83. The Kier molecular flexibility index (Phi) is 4.21. The maximum absolute atomic E-state index is 12.7. The molecule has 0 fully saturated rings. The maximum atomic E-state index is 12.7. The Morgan fingerprint density at radius 2 is 1.62 bits per heavy atom. The minimum atomic E-state index is -0.197. The van der Waals surface area contributed by atoms with Gasteiger partial charge in [-0.15, -0.1) is 0 Å². The first-order chi connectivity index (χ1) is 11.5. The predicted octanol–water partition coefficient (Wildman–Crippen LogP) is 3.64. The number of hydrogen-bond acceptors (Lipinski definition) is 2. The number of carbonyl (C=O) groups is 1. The molecule has 0 aliphatic heterocycles. The molecule has 2 aromatic carbocycles. The first-order valence-corrected chi connectivity index (χ1v) is 7.96. The van der Waals surface area contributed by atoms with Gasteiger partial charge < -0.3 is 10.3 Å². The van der Waals surface area contributed by atoms with E-state index >= 15 is 0 Å². The fraction of sp³-hybridized carbons (Fsp3) is 0.200. The highest BCUT2D eigenvalue weighted by Crippen LogP contribution is 2.22.